The Kier molecular flexibility index (Phi) is 6.29. The molecule has 0 saturated heterocycles. The largest absolute Gasteiger partial charge is 0.380 e. The zero-order chi connectivity index (χ0) is 10.3. The fourth-order valence-corrected chi connectivity index (χ4v) is 1.30. The summed E-state index contributed by atoms with van der Waals surface area (Å²) < 4.78 is 5.18. The highest BCUT2D eigenvalue weighted by Crippen LogP contribution is 2.12. The molecular weight excluding hydrogens is 164 g/mol. The second kappa shape index (κ2) is 6.35. The molecule has 0 radical (unpaired) electrons. The van der Waals surface area contributed by atoms with Crippen molar-refractivity contribution in [3.8, 4) is 0 Å². The first-order valence-corrected chi connectivity index (χ1v) is 5.12. The minimum absolute atomic E-state index is 0.104. The topological polar surface area (TPSA) is 47.3 Å². The van der Waals surface area contributed by atoms with Crippen LogP contribution in [0.3, 0.4) is 0 Å². The van der Waals surface area contributed by atoms with Gasteiger partial charge < -0.3 is 15.8 Å². The number of methoxy groups -OCH3 is 1. The lowest BCUT2D eigenvalue weighted by molar-refractivity contribution is 0.106. The van der Waals surface area contributed by atoms with Crippen LogP contribution in [0.15, 0.2) is 0 Å². The van der Waals surface area contributed by atoms with Crippen molar-refractivity contribution in [2.24, 2.45) is 5.73 Å². The highest BCUT2D eigenvalue weighted by Gasteiger charge is 2.23. The lowest BCUT2D eigenvalue weighted by atomic mass is 9.93. The Balaban J connectivity index is 3.95. The van der Waals surface area contributed by atoms with Gasteiger partial charge in [0.25, 0.3) is 0 Å². The predicted octanol–water partition coefficient (Wildman–Crippen LogP) is 1.13. The van der Waals surface area contributed by atoms with E-state index in [1.807, 2.05) is 0 Å². The van der Waals surface area contributed by atoms with Gasteiger partial charge in [-0.25, -0.2) is 0 Å². The Labute approximate surface area is 82.0 Å². The summed E-state index contributed by atoms with van der Waals surface area (Å²) >= 11 is 0. The van der Waals surface area contributed by atoms with Crippen molar-refractivity contribution < 1.29 is 4.74 Å². The van der Waals surface area contributed by atoms with Gasteiger partial charge in [-0.2, -0.15) is 0 Å². The monoisotopic (exact) mass is 188 g/mol. The maximum Gasteiger partial charge on any atom is 0.0667 e. The van der Waals surface area contributed by atoms with Crippen molar-refractivity contribution in [1.82, 2.24) is 5.32 Å². The van der Waals surface area contributed by atoms with Crippen LogP contribution in [0.2, 0.25) is 0 Å². The van der Waals surface area contributed by atoms with Gasteiger partial charge in [0.15, 0.2) is 0 Å². The molecule has 80 valence electrons. The maximum absolute atomic E-state index is 5.75. The highest BCUT2D eigenvalue weighted by atomic mass is 16.5. The molecule has 3 heteroatoms. The van der Waals surface area contributed by atoms with E-state index in [2.05, 4.69) is 26.1 Å². The summed E-state index contributed by atoms with van der Waals surface area (Å²) in [5.41, 5.74) is 5.86. The number of rotatable bonds is 7. The summed E-state index contributed by atoms with van der Waals surface area (Å²) in [5, 5.41) is 3.48. The van der Waals surface area contributed by atoms with Gasteiger partial charge in [0.1, 0.15) is 0 Å². The Hall–Kier alpha value is -0.120. The van der Waals surface area contributed by atoms with Gasteiger partial charge in [-0.05, 0) is 19.8 Å². The molecule has 0 aliphatic carbocycles. The fraction of sp³-hybridized carbons (Fsp3) is 1.00. The molecule has 1 atom stereocenters. The molecule has 0 aromatic rings. The number of hydrogen-bond acceptors (Lipinski definition) is 3. The molecule has 0 aromatic heterocycles. The first kappa shape index (κ1) is 12.9. The van der Waals surface area contributed by atoms with E-state index in [9.17, 15) is 0 Å². The van der Waals surface area contributed by atoms with Crippen molar-refractivity contribution >= 4 is 0 Å². The van der Waals surface area contributed by atoms with Crippen LogP contribution in [0.1, 0.15) is 33.6 Å². The Bertz CT molecular complexity index is 116. The van der Waals surface area contributed by atoms with Crippen LogP contribution in [0.5, 0.6) is 0 Å². The zero-order valence-corrected chi connectivity index (χ0v) is 9.39. The van der Waals surface area contributed by atoms with Crippen LogP contribution < -0.4 is 11.1 Å². The predicted molar refractivity (Wildman–Crippen MR) is 56.8 cm³/mol. The van der Waals surface area contributed by atoms with Gasteiger partial charge >= 0.3 is 0 Å². The minimum Gasteiger partial charge on any atom is -0.380 e. The van der Waals surface area contributed by atoms with E-state index < -0.39 is 0 Å². The van der Waals surface area contributed by atoms with Crippen LogP contribution >= 0.6 is 0 Å². The molecule has 0 rings (SSSR count). The minimum atomic E-state index is 0.104. The molecule has 3 nitrogen and oxygen atoms in total. The molecule has 0 amide bonds. The number of hydrogen-bond donors (Lipinski definition) is 2. The first-order valence-electron chi connectivity index (χ1n) is 5.12. The molecule has 0 spiro atoms. The van der Waals surface area contributed by atoms with Gasteiger partial charge in [0.2, 0.25) is 0 Å². The van der Waals surface area contributed by atoms with E-state index in [1.54, 1.807) is 7.11 Å². The third kappa shape index (κ3) is 4.07. The summed E-state index contributed by atoms with van der Waals surface area (Å²) in [4.78, 5) is 0. The van der Waals surface area contributed by atoms with Crippen molar-refractivity contribution in [3.63, 3.8) is 0 Å². The van der Waals surface area contributed by atoms with Crippen LogP contribution in [-0.4, -0.2) is 31.8 Å². The van der Waals surface area contributed by atoms with Crippen LogP contribution in [-0.2, 0) is 4.74 Å². The van der Waals surface area contributed by atoms with Crippen molar-refractivity contribution in [2.45, 2.75) is 45.3 Å². The van der Waals surface area contributed by atoms with Crippen molar-refractivity contribution in [3.05, 3.63) is 0 Å². The molecule has 3 N–H and O–H groups in total. The standard InChI is InChI=1S/C10H24N2O/c1-5-10(6-2,8-11)12-7-9(3)13-4/h9,12H,5-8,11H2,1-4H3. The molecule has 13 heavy (non-hydrogen) atoms. The van der Waals surface area contributed by atoms with Crippen molar-refractivity contribution in [1.29, 1.82) is 0 Å². The molecule has 0 saturated carbocycles. The fourth-order valence-electron chi connectivity index (χ4n) is 1.30. The smallest absolute Gasteiger partial charge is 0.0667 e. The summed E-state index contributed by atoms with van der Waals surface area (Å²) in [6, 6.07) is 0. The van der Waals surface area contributed by atoms with E-state index in [0.717, 1.165) is 19.4 Å². The molecule has 0 bridgehead atoms. The summed E-state index contributed by atoms with van der Waals surface area (Å²) in [7, 11) is 1.73. The second-order valence-electron chi connectivity index (χ2n) is 3.62. The Morgan fingerprint density at radius 3 is 2.23 bits per heavy atom. The van der Waals surface area contributed by atoms with Crippen LogP contribution in [0.25, 0.3) is 0 Å². The van der Waals surface area contributed by atoms with Crippen LogP contribution in [0, 0.1) is 0 Å². The quantitative estimate of drug-likeness (QED) is 0.629. The molecular formula is C10H24N2O. The Morgan fingerprint density at radius 2 is 1.92 bits per heavy atom. The van der Waals surface area contributed by atoms with Gasteiger partial charge in [-0.3, -0.25) is 0 Å². The van der Waals surface area contributed by atoms with Crippen LogP contribution in [0.4, 0.5) is 0 Å². The molecule has 1 unspecified atom stereocenters. The first-order chi connectivity index (χ1) is 6.14. The zero-order valence-electron chi connectivity index (χ0n) is 9.39. The third-order valence-electron chi connectivity index (χ3n) is 2.91. The second-order valence-corrected chi connectivity index (χ2v) is 3.62. The number of ether oxygens (including phenoxy) is 1. The number of nitrogens with one attached hydrogen (secondary N) is 1. The van der Waals surface area contributed by atoms with Gasteiger partial charge in [0, 0.05) is 25.7 Å². The van der Waals surface area contributed by atoms with E-state index >= 15 is 0 Å². The summed E-state index contributed by atoms with van der Waals surface area (Å²) in [6.45, 7) is 7.95. The third-order valence-corrected chi connectivity index (χ3v) is 2.91. The van der Waals surface area contributed by atoms with E-state index in [-0.39, 0.29) is 11.6 Å². The SMILES string of the molecule is CCC(CC)(CN)NCC(C)OC. The van der Waals surface area contributed by atoms with Crippen molar-refractivity contribution in [2.75, 3.05) is 20.2 Å². The average molecular weight is 188 g/mol. The number of nitrogens with two attached hydrogens (primary N) is 1. The average Bonchev–Trinajstić information content (AvgIpc) is 2.20. The highest BCUT2D eigenvalue weighted by molar-refractivity contribution is 4.86. The maximum atomic E-state index is 5.75. The molecule has 0 heterocycles. The van der Waals surface area contributed by atoms with E-state index in [0.29, 0.717) is 6.54 Å². The van der Waals surface area contributed by atoms with Gasteiger partial charge in [-0.1, -0.05) is 13.8 Å². The summed E-state index contributed by atoms with van der Waals surface area (Å²) in [5.74, 6) is 0. The summed E-state index contributed by atoms with van der Waals surface area (Å²) in [6.07, 6.45) is 2.39. The Morgan fingerprint density at radius 1 is 1.38 bits per heavy atom. The van der Waals surface area contributed by atoms with E-state index in [1.165, 1.54) is 0 Å². The van der Waals surface area contributed by atoms with E-state index in [4.69, 9.17) is 10.5 Å². The lowest BCUT2D eigenvalue weighted by Gasteiger charge is -2.32. The molecule has 0 aliphatic heterocycles. The molecule has 0 aromatic carbocycles. The lowest BCUT2D eigenvalue weighted by Crippen LogP contribution is -2.52. The molecule has 0 aliphatic rings. The normalized spacial score (nSPS) is 14.5. The van der Waals surface area contributed by atoms with Gasteiger partial charge in [0.05, 0.1) is 6.10 Å². The molecule has 0 fully saturated rings. The van der Waals surface area contributed by atoms with Gasteiger partial charge in [-0.15, -0.1) is 0 Å².